The fraction of sp³-hybridized carbons (Fsp3) is 0.533. The molecule has 0 saturated heterocycles. The lowest BCUT2D eigenvalue weighted by molar-refractivity contribution is -0.123. The highest BCUT2D eigenvalue weighted by Crippen LogP contribution is 2.27. The van der Waals surface area contributed by atoms with E-state index in [1.165, 1.54) is 0 Å². The summed E-state index contributed by atoms with van der Waals surface area (Å²) in [6, 6.07) is 4.86. The summed E-state index contributed by atoms with van der Waals surface area (Å²) >= 11 is 11.8. The average molecular weight is 332 g/mol. The second-order valence-corrected chi connectivity index (χ2v) is 6.20. The Kier molecular flexibility index (Phi) is 6.15. The standard InChI is InChI=1S/C15H19Cl2NO3/c16-11-4-5-13(17)14(7-11)21-9-15(20)18-8-10-2-1-3-12(19)6-10/h4-5,7,10,12,19H,1-3,6,8-9H2,(H,18,20). The van der Waals surface area contributed by atoms with E-state index in [0.717, 1.165) is 25.7 Å². The zero-order valence-corrected chi connectivity index (χ0v) is 13.2. The van der Waals surface area contributed by atoms with Crippen molar-refractivity contribution in [3.05, 3.63) is 28.2 Å². The van der Waals surface area contributed by atoms with Gasteiger partial charge in [-0.3, -0.25) is 4.79 Å². The van der Waals surface area contributed by atoms with E-state index in [1.807, 2.05) is 0 Å². The highest BCUT2D eigenvalue weighted by Gasteiger charge is 2.20. The van der Waals surface area contributed by atoms with Gasteiger partial charge in [0.1, 0.15) is 5.75 Å². The van der Waals surface area contributed by atoms with Crippen LogP contribution < -0.4 is 10.1 Å². The fourth-order valence-corrected chi connectivity index (χ4v) is 2.82. The molecule has 1 saturated carbocycles. The molecule has 116 valence electrons. The molecule has 4 nitrogen and oxygen atoms in total. The summed E-state index contributed by atoms with van der Waals surface area (Å²) in [5.41, 5.74) is 0. The number of amides is 1. The first-order valence-corrected chi connectivity index (χ1v) is 7.83. The van der Waals surface area contributed by atoms with Gasteiger partial charge in [-0.1, -0.05) is 29.6 Å². The molecule has 21 heavy (non-hydrogen) atoms. The number of benzene rings is 1. The van der Waals surface area contributed by atoms with Crippen molar-refractivity contribution in [2.45, 2.75) is 31.8 Å². The van der Waals surface area contributed by atoms with E-state index in [0.29, 0.717) is 28.3 Å². The Balaban J connectivity index is 1.73. The van der Waals surface area contributed by atoms with Crippen LogP contribution in [0.15, 0.2) is 18.2 Å². The van der Waals surface area contributed by atoms with Gasteiger partial charge in [0.05, 0.1) is 11.1 Å². The van der Waals surface area contributed by atoms with Crippen LogP contribution in [-0.4, -0.2) is 30.3 Å². The molecule has 2 unspecified atom stereocenters. The molecule has 0 bridgehead atoms. The van der Waals surface area contributed by atoms with E-state index in [-0.39, 0.29) is 18.6 Å². The predicted molar refractivity (Wildman–Crippen MR) is 82.9 cm³/mol. The average Bonchev–Trinajstić information content (AvgIpc) is 2.46. The summed E-state index contributed by atoms with van der Waals surface area (Å²) in [7, 11) is 0. The first kappa shape index (κ1) is 16.4. The molecule has 1 amide bonds. The molecule has 0 radical (unpaired) electrons. The van der Waals surface area contributed by atoms with E-state index in [2.05, 4.69) is 5.32 Å². The number of aliphatic hydroxyl groups is 1. The molecular weight excluding hydrogens is 313 g/mol. The molecular formula is C15H19Cl2NO3. The summed E-state index contributed by atoms with van der Waals surface area (Å²) in [5, 5.41) is 13.3. The summed E-state index contributed by atoms with van der Waals surface area (Å²) in [5.74, 6) is 0.533. The third-order valence-corrected chi connectivity index (χ3v) is 4.14. The first-order chi connectivity index (χ1) is 10.0. The number of hydrogen-bond acceptors (Lipinski definition) is 3. The Morgan fingerprint density at radius 3 is 2.95 bits per heavy atom. The van der Waals surface area contributed by atoms with Gasteiger partial charge in [-0.15, -0.1) is 0 Å². The minimum Gasteiger partial charge on any atom is -0.482 e. The summed E-state index contributed by atoms with van der Waals surface area (Å²) in [6.45, 7) is 0.470. The van der Waals surface area contributed by atoms with Gasteiger partial charge in [-0.05, 0) is 37.3 Å². The molecule has 0 heterocycles. The zero-order chi connectivity index (χ0) is 15.2. The maximum atomic E-state index is 11.8. The number of carbonyl (C=O) groups is 1. The predicted octanol–water partition coefficient (Wildman–Crippen LogP) is 3.04. The Morgan fingerprint density at radius 2 is 2.19 bits per heavy atom. The van der Waals surface area contributed by atoms with E-state index in [1.54, 1.807) is 18.2 Å². The Hall–Kier alpha value is -0.970. The Labute approximate surface area is 134 Å². The largest absolute Gasteiger partial charge is 0.482 e. The zero-order valence-electron chi connectivity index (χ0n) is 11.6. The summed E-state index contributed by atoms with van der Waals surface area (Å²) in [6.07, 6.45) is 3.43. The molecule has 1 aromatic carbocycles. The third kappa shape index (κ3) is 5.38. The second-order valence-electron chi connectivity index (χ2n) is 5.35. The molecule has 1 aromatic rings. The van der Waals surface area contributed by atoms with Crippen LogP contribution in [0.5, 0.6) is 5.75 Å². The molecule has 2 atom stereocenters. The minimum absolute atomic E-state index is 0.102. The van der Waals surface area contributed by atoms with Gasteiger partial charge in [0.2, 0.25) is 0 Å². The second kappa shape index (κ2) is 7.87. The van der Waals surface area contributed by atoms with Crippen molar-refractivity contribution < 1.29 is 14.6 Å². The van der Waals surface area contributed by atoms with Gasteiger partial charge in [-0.2, -0.15) is 0 Å². The van der Waals surface area contributed by atoms with Crippen LogP contribution in [-0.2, 0) is 4.79 Å². The Bertz CT molecular complexity index is 496. The van der Waals surface area contributed by atoms with E-state index < -0.39 is 0 Å². The number of aliphatic hydroxyl groups excluding tert-OH is 1. The van der Waals surface area contributed by atoms with Crippen molar-refractivity contribution in [3.63, 3.8) is 0 Å². The van der Waals surface area contributed by atoms with Gasteiger partial charge in [-0.25, -0.2) is 0 Å². The lowest BCUT2D eigenvalue weighted by Gasteiger charge is -2.25. The molecule has 2 rings (SSSR count). The van der Waals surface area contributed by atoms with Crippen LogP contribution in [0.25, 0.3) is 0 Å². The van der Waals surface area contributed by atoms with E-state index >= 15 is 0 Å². The normalized spacial score (nSPS) is 21.9. The van der Waals surface area contributed by atoms with Crippen LogP contribution in [0, 0.1) is 5.92 Å². The number of carbonyl (C=O) groups excluding carboxylic acids is 1. The number of rotatable bonds is 5. The van der Waals surface area contributed by atoms with Gasteiger partial charge in [0, 0.05) is 17.6 Å². The van der Waals surface area contributed by atoms with Gasteiger partial charge >= 0.3 is 0 Å². The molecule has 6 heteroatoms. The summed E-state index contributed by atoms with van der Waals surface area (Å²) < 4.78 is 5.36. The molecule has 0 spiro atoms. The van der Waals surface area contributed by atoms with Crippen molar-refractivity contribution in [2.75, 3.05) is 13.2 Å². The fourth-order valence-electron chi connectivity index (χ4n) is 2.49. The molecule has 1 fully saturated rings. The quantitative estimate of drug-likeness (QED) is 0.871. The van der Waals surface area contributed by atoms with Gasteiger partial charge in [0.15, 0.2) is 6.61 Å². The SMILES string of the molecule is O=C(COc1cc(Cl)ccc1Cl)NCC1CCCC(O)C1. The van der Waals surface area contributed by atoms with E-state index in [4.69, 9.17) is 27.9 Å². The Morgan fingerprint density at radius 1 is 1.38 bits per heavy atom. The van der Waals surface area contributed by atoms with Crippen LogP contribution in [0.2, 0.25) is 10.0 Å². The van der Waals surface area contributed by atoms with Crippen molar-refractivity contribution in [1.82, 2.24) is 5.32 Å². The lowest BCUT2D eigenvalue weighted by Crippen LogP contribution is -2.35. The maximum absolute atomic E-state index is 11.8. The molecule has 2 N–H and O–H groups in total. The van der Waals surface area contributed by atoms with Crippen molar-refractivity contribution >= 4 is 29.1 Å². The smallest absolute Gasteiger partial charge is 0.257 e. The minimum atomic E-state index is -0.234. The van der Waals surface area contributed by atoms with Gasteiger partial charge in [0.25, 0.3) is 5.91 Å². The molecule has 0 aliphatic heterocycles. The molecule has 1 aliphatic rings. The van der Waals surface area contributed by atoms with Crippen LogP contribution in [0.4, 0.5) is 0 Å². The topological polar surface area (TPSA) is 58.6 Å². The van der Waals surface area contributed by atoms with Crippen LogP contribution >= 0.6 is 23.2 Å². The van der Waals surface area contributed by atoms with Gasteiger partial charge < -0.3 is 15.2 Å². The third-order valence-electron chi connectivity index (χ3n) is 3.60. The van der Waals surface area contributed by atoms with Crippen molar-refractivity contribution in [1.29, 1.82) is 0 Å². The maximum Gasteiger partial charge on any atom is 0.257 e. The van der Waals surface area contributed by atoms with Crippen molar-refractivity contribution in [3.8, 4) is 5.75 Å². The number of nitrogens with one attached hydrogen (secondary N) is 1. The van der Waals surface area contributed by atoms with Crippen LogP contribution in [0.1, 0.15) is 25.7 Å². The van der Waals surface area contributed by atoms with Crippen LogP contribution in [0.3, 0.4) is 0 Å². The highest BCUT2D eigenvalue weighted by molar-refractivity contribution is 6.34. The van der Waals surface area contributed by atoms with E-state index in [9.17, 15) is 9.90 Å². The number of hydrogen-bond donors (Lipinski definition) is 2. The van der Waals surface area contributed by atoms with Crippen molar-refractivity contribution in [2.24, 2.45) is 5.92 Å². The lowest BCUT2D eigenvalue weighted by atomic mass is 9.87. The first-order valence-electron chi connectivity index (χ1n) is 7.07. The molecule has 0 aromatic heterocycles. The monoisotopic (exact) mass is 331 g/mol. The molecule has 1 aliphatic carbocycles. The number of ether oxygens (including phenoxy) is 1. The highest BCUT2D eigenvalue weighted by atomic mass is 35.5. The number of halogens is 2. The summed E-state index contributed by atoms with van der Waals surface area (Å²) in [4.78, 5) is 11.8.